The lowest BCUT2D eigenvalue weighted by Gasteiger charge is -2.36. The van der Waals surface area contributed by atoms with Crippen molar-refractivity contribution in [3.05, 3.63) is 70.8 Å². The quantitative estimate of drug-likeness (QED) is 0.672. The van der Waals surface area contributed by atoms with Crippen molar-refractivity contribution in [2.24, 2.45) is 11.3 Å². The summed E-state index contributed by atoms with van der Waals surface area (Å²) < 4.78 is 0. The van der Waals surface area contributed by atoms with E-state index in [0.29, 0.717) is 5.06 Å². The number of amides is 4. The zero-order valence-electron chi connectivity index (χ0n) is 18.3. The lowest BCUT2D eigenvalue weighted by molar-refractivity contribution is -0.182. The van der Waals surface area contributed by atoms with Gasteiger partial charge < -0.3 is 5.11 Å². The van der Waals surface area contributed by atoms with Crippen LogP contribution in [0.2, 0.25) is 0 Å². The number of hydrogen-bond acceptors (Lipinski definition) is 6. The van der Waals surface area contributed by atoms with Crippen molar-refractivity contribution in [3.8, 4) is 0 Å². The number of benzene rings is 2. The topological polar surface area (TPSA) is 121 Å². The van der Waals surface area contributed by atoms with E-state index in [4.69, 9.17) is 4.84 Å². The SMILES string of the molecule is CC(C)(C)C(C(=O)O)C(CN1C(=O)c2ccccc2C1=O)ON1C(=O)c2ccccc2C1=O. The summed E-state index contributed by atoms with van der Waals surface area (Å²) in [6, 6.07) is 12.4. The van der Waals surface area contributed by atoms with E-state index in [1.54, 1.807) is 45.0 Å². The van der Waals surface area contributed by atoms with Gasteiger partial charge >= 0.3 is 5.97 Å². The predicted molar refractivity (Wildman–Crippen MR) is 114 cm³/mol. The minimum atomic E-state index is -1.37. The molecule has 170 valence electrons. The van der Waals surface area contributed by atoms with Crippen LogP contribution in [0.25, 0.3) is 0 Å². The number of hydrogen-bond donors (Lipinski definition) is 1. The van der Waals surface area contributed by atoms with Crippen LogP contribution >= 0.6 is 0 Å². The molecule has 9 heteroatoms. The third kappa shape index (κ3) is 3.70. The normalized spacial score (nSPS) is 17.3. The summed E-state index contributed by atoms with van der Waals surface area (Å²) in [5.41, 5.74) is -0.239. The van der Waals surface area contributed by atoms with E-state index in [-0.39, 0.29) is 22.3 Å². The number of fused-ring (bicyclic) bond motifs is 2. The Labute approximate surface area is 189 Å². The Balaban J connectivity index is 1.69. The summed E-state index contributed by atoms with van der Waals surface area (Å²) >= 11 is 0. The highest BCUT2D eigenvalue weighted by Crippen LogP contribution is 2.34. The number of hydroxylamine groups is 2. The van der Waals surface area contributed by atoms with Crippen LogP contribution in [0, 0.1) is 11.3 Å². The number of imide groups is 2. The molecule has 0 spiro atoms. The van der Waals surface area contributed by atoms with Crippen molar-refractivity contribution in [1.82, 2.24) is 9.96 Å². The maximum atomic E-state index is 12.9. The van der Waals surface area contributed by atoms with Crippen molar-refractivity contribution < 1.29 is 33.9 Å². The van der Waals surface area contributed by atoms with Gasteiger partial charge in [0.05, 0.1) is 34.7 Å². The molecular weight excluding hydrogens is 428 g/mol. The van der Waals surface area contributed by atoms with Crippen molar-refractivity contribution in [3.63, 3.8) is 0 Å². The van der Waals surface area contributed by atoms with Gasteiger partial charge in [-0.3, -0.25) is 33.7 Å². The Hall–Kier alpha value is -3.85. The van der Waals surface area contributed by atoms with Gasteiger partial charge in [-0.2, -0.15) is 0 Å². The first kappa shape index (κ1) is 22.3. The van der Waals surface area contributed by atoms with Gasteiger partial charge in [-0.25, -0.2) is 0 Å². The number of carbonyl (C=O) groups is 5. The van der Waals surface area contributed by atoms with Crippen molar-refractivity contribution in [2.75, 3.05) is 6.54 Å². The van der Waals surface area contributed by atoms with E-state index < -0.39 is 53.6 Å². The summed E-state index contributed by atoms with van der Waals surface area (Å²) in [7, 11) is 0. The molecule has 1 N–H and O–H groups in total. The maximum absolute atomic E-state index is 12.9. The summed E-state index contributed by atoms with van der Waals surface area (Å²) in [5.74, 6) is -5.16. The molecule has 2 aliphatic heterocycles. The standard InChI is InChI=1S/C24H22N2O7/c1-24(2,3)18(23(31)32)17(12-25-19(27)13-8-4-5-9-14(13)20(25)28)33-26-21(29)15-10-6-7-11-16(15)22(26)30/h4-11,17-18H,12H2,1-3H3,(H,31,32). The molecule has 2 aromatic rings. The first-order chi connectivity index (χ1) is 15.5. The van der Waals surface area contributed by atoms with Gasteiger partial charge in [0.15, 0.2) is 0 Å². The fraction of sp³-hybridized carbons (Fsp3) is 0.292. The molecule has 0 saturated heterocycles. The third-order valence-electron chi connectivity index (χ3n) is 5.81. The Kier molecular flexibility index (Phi) is 5.37. The lowest BCUT2D eigenvalue weighted by Crippen LogP contribution is -2.51. The average molecular weight is 450 g/mol. The molecule has 0 saturated carbocycles. The van der Waals surface area contributed by atoms with Crippen molar-refractivity contribution in [2.45, 2.75) is 26.9 Å². The highest BCUT2D eigenvalue weighted by Gasteiger charge is 2.47. The number of carboxylic acids is 1. The van der Waals surface area contributed by atoms with E-state index in [1.807, 2.05) is 0 Å². The van der Waals surface area contributed by atoms with Gasteiger partial charge in [-0.1, -0.05) is 45.0 Å². The Morgan fingerprint density at radius 1 is 0.818 bits per heavy atom. The second-order valence-corrected chi connectivity index (χ2v) is 9.04. The van der Waals surface area contributed by atoms with E-state index in [0.717, 1.165) is 4.90 Å². The second kappa shape index (κ2) is 7.93. The molecule has 0 bridgehead atoms. The van der Waals surface area contributed by atoms with Gasteiger partial charge in [0.2, 0.25) is 0 Å². The molecule has 2 aromatic carbocycles. The van der Waals surface area contributed by atoms with Gasteiger partial charge in [-0.15, -0.1) is 5.06 Å². The summed E-state index contributed by atoms with van der Waals surface area (Å²) in [6.07, 6.45) is -1.37. The van der Waals surface area contributed by atoms with Crippen LogP contribution in [-0.4, -0.2) is 57.3 Å². The van der Waals surface area contributed by atoms with Crippen LogP contribution in [-0.2, 0) is 9.63 Å². The average Bonchev–Trinajstić information content (AvgIpc) is 3.14. The van der Waals surface area contributed by atoms with Crippen LogP contribution < -0.4 is 0 Å². The molecule has 0 radical (unpaired) electrons. The number of nitrogens with zero attached hydrogens (tertiary/aromatic N) is 2. The molecule has 0 aliphatic carbocycles. The van der Waals surface area contributed by atoms with Crippen LogP contribution in [0.4, 0.5) is 0 Å². The second-order valence-electron chi connectivity index (χ2n) is 9.04. The first-order valence-corrected chi connectivity index (χ1v) is 10.3. The summed E-state index contributed by atoms with van der Waals surface area (Å²) in [4.78, 5) is 70.3. The summed E-state index contributed by atoms with van der Waals surface area (Å²) in [6.45, 7) is 4.53. The number of rotatable bonds is 6. The molecule has 9 nitrogen and oxygen atoms in total. The van der Waals surface area contributed by atoms with Crippen molar-refractivity contribution in [1.29, 1.82) is 0 Å². The molecule has 2 atom stereocenters. The monoisotopic (exact) mass is 450 g/mol. The van der Waals surface area contributed by atoms with E-state index in [1.165, 1.54) is 24.3 Å². The number of carboxylic acid groups (broad SMARTS) is 1. The third-order valence-corrected chi connectivity index (χ3v) is 5.81. The van der Waals surface area contributed by atoms with Crippen LogP contribution in [0.3, 0.4) is 0 Å². The highest BCUT2D eigenvalue weighted by molar-refractivity contribution is 6.21. The molecule has 33 heavy (non-hydrogen) atoms. The van der Waals surface area contributed by atoms with Gasteiger partial charge in [0, 0.05) is 0 Å². The predicted octanol–water partition coefficient (Wildman–Crippen LogP) is 2.63. The Bertz CT molecular complexity index is 1050. The molecule has 0 fully saturated rings. The fourth-order valence-electron chi connectivity index (χ4n) is 4.27. The van der Waals surface area contributed by atoms with Crippen molar-refractivity contribution >= 4 is 29.6 Å². The summed E-state index contributed by atoms with van der Waals surface area (Å²) in [5, 5.41) is 10.5. The molecule has 4 amide bonds. The van der Waals surface area contributed by atoms with E-state index >= 15 is 0 Å². The smallest absolute Gasteiger partial charge is 0.309 e. The minimum Gasteiger partial charge on any atom is -0.481 e. The Morgan fingerprint density at radius 2 is 1.21 bits per heavy atom. The molecule has 4 rings (SSSR count). The van der Waals surface area contributed by atoms with E-state index in [9.17, 15) is 29.1 Å². The first-order valence-electron chi connectivity index (χ1n) is 10.3. The zero-order valence-corrected chi connectivity index (χ0v) is 18.3. The molecule has 2 unspecified atom stereocenters. The highest BCUT2D eigenvalue weighted by atomic mass is 16.7. The van der Waals surface area contributed by atoms with Crippen LogP contribution in [0.5, 0.6) is 0 Å². The van der Waals surface area contributed by atoms with Gasteiger partial charge in [0.1, 0.15) is 6.10 Å². The van der Waals surface area contributed by atoms with Gasteiger partial charge in [-0.05, 0) is 29.7 Å². The lowest BCUT2D eigenvalue weighted by atomic mass is 9.77. The van der Waals surface area contributed by atoms with E-state index in [2.05, 4.69) is 0 Å². The largest absolute Gasteiger partial charge is 0.481 e. The molecule has 2 aliphatic rings. The van der Waals surface area contributed by atoms with Gasteiger partial charge in [0.25, 0.3) is 23.6 Å². The van der Waals surface area contributed by atoms with Crippen LogP contribution in [0.15, 0.2) is 48.5 Å². The fourth-order valence-corrected chi connectivity index (χ4v) is 4.27. The van der Waals surface area contributed by atoms with Crippen LogP contribution in [0.1, 0.15) is 62.2 Å². The Morgan fingerprint density at radius 3 is 1.58 bits per heavy atom. The minimum absolute atomic E-state index is 0.129. The number of aliphatic carboxylic acids is 1. The molecule has 0 aromatic heterocycles. The zero-order chi connectivity index (χ0) is 24.1. The number of carbonyl (C=O) groups excluding carboxylic acids is 4. The molecule has 2 heterocycles. The molecular formula is C24H22N2O7. The maximum Gasteiger partial charge on any atom is 0.309 e.